The molecule has 0 saturated carbocycles. The van der Waals surface area contributed by atoms with Gasteiger partial charge < -0.3 is 10.2 Å². The second-order valence-electron chi connectivity index (χ2n) is 6.06. The summed E-state index contributed by atoms with van der Waals surface area (Å²) >= 11 is 0. The minimum atomic E-state index is 0.276. The number of benzene rings is 1. The fraction of sp³-hybridized carbons (Fsp3) is 0.611. The molecule has 1 heterocycles. The van der Waals surface area contributed by atoms with E-state index in [1.807, 2.05) is 12.1 Å². The molecule has 21 heavy (non-hydrogen) atoms. The van der Waals surface area contributed by atoms with Crippen molar-refractivity contribution in [3.63, 3.8) is 0 Å². The second-order valence-corrected chi connectivity index (χ2v) is 6.06. The smallest absolute Gasteiger partial charge is 0.227 e. The summed E-state index contributed by atoms with van der Waals surface area (Å²) in [5, 5.41) is 3.57. The lowest BCUT2D eigenvalue weighted by Gasteiger charge is -2.38. The summed E-state index contributed by atoms with van der Waals surface area (Å²) in [7, 11) is 0. The van der Waals surface area contributed by atoms with Crippen LogP contribution in [0.5, 0.6) is 0 Å². The first-order valence-electron chi connectivity index (χ1n) is 8.21. The Labute approximate surface area is 128 Å². The van der Waals surface area contributed by atoms with Crippen molar-refractivity contribution in [3.05, 3.63) is 35.4 Å². The zero-order valence-electron chi connectivity index (χ0n) is 13.6. The number of hydrogen-bond acceptors (Lipinski definition) is 2. The molecule has 1 fully saturated rings. The molecule has 0 aromatic heterocycles. The van der Waals surface area contributed by atoms with Gasteiger partial charge in [-0.3, -0.25) is 4.79 Å². The van der Waals surface area contributed by atoms with E-state index < -0.39 is 0 Å². The molecule has 1 aliphatic heterocycles. The van der Waals surface area contributed by atoms with E-state index in [-0.39, 0.29) is 5.91 Å². The highest BCUT2D eigenvalue weighted by atomic mass is 16.2. The van der Waals surface area contributed by atoms with Crippen molar-refractivity contribution in [1.29, 1.82) is 0 Å². The van der Waals surface area contributed by atoms with Crippen LogP contribution in [-0.2, 0) is 11.2 Å². The molecule has 0 spiro atoms. The first-order valence-corrected chi connectivity index (χ1v) is 8.21. The third-order valence-corrected chi connectivity index (χ3v) is 4.68. The van der Waals surface area contributed by atoms with Crippen molar-refractivity contribution in [2.24, 2.45) is 5.92 Å². The first-order chi connectivity index (χ1) is 10.2. The quantitative estimate of drug-likeness (QED) is 0.903. The summed E-state index contributed by atoms with van der Waals surface area (Å²) in [6.07, 6.45) is 2.74. The number of amides is 1. The molecule has 1 amide bonds. The van der Waals surface area contributed by atoms with Crippen LogP contribution in [0.4, 0.5) is 0 Å². The van der Waals surface area contributed by atoms with Crippen LogP contribution in [0.25, 0.3) is 0 Å². The molecule has 1 N–H and O–H groups in total. The molecule has 2 atom stereocenters. The van der Waals surface area contributed by atoms with Crippen LogP contribution >= 0.6 is 0 Å². The Kier molecular flexibility index (Phi) is 5.80. The number of carbonyl (C=O) groups excluding carboxylic acids is 1. The van der Waals surface area contributed by atoms with Crippen molar-refractivity contribution in [2.75, 3.05) is 19.6 Å². The molecule has 1 aromatic carbocycles. The number of carbonyl (C=O) groups is 1. The Morgan fingerprint density at radius 1 is 1.33 bits per heavy atom. The van der Waals surface area contributed by atoms with E-state index in [2.05, 4.69) is 43.1 Å². The summed E-state index contributed by atoms with van der Waals surface area (Å²) in [6.45, 7) is 9.26. The third kappa shape index (κ3) is 4.07. The number of piperidine rings is 1. The highest BCUT2D eigenvalue weighted by Crippen LogP contribution is 2.21. The zero-order valence-corrected chi connectivity index (χ0v) is 13.6. The van der Waals surface area contributed by atoms with E-state index in [0.717, 1.165) is 38.0 Å². The molecule has 0 radical (unpaired) electrons. The van der Waals surface area contributed by atoms with Crippen molar-refractivity contribution >= 4 is 5.91 Å². The Morgan fingerprint density at radius 3 is 2.76 bits per heavy atom. The highest BCUT2D eigenvalue weighted by molar-refractivity contribution is 5.79. The summed E-state index contributed by atoms with van der Waals surface area (Å²) < 4.78 is 0. The van der Waals surface area contributed by atoms with Crippen LogP contribution < -0.4 is 5.32 Å². The average molecular weight is 288 g/mol. The van der Waals surface area contributed by atoms with E-state index in [4.69, 9.17) is 0 Å². The number of aryl methyl sites for hydroxylation is 1. The SMILES string of the molecule is CCNC1CCN(C(=O)Cc2ccccc2C)CC1CC. The molecule has 3 nitrogen and oxygen atoms in total. The Hall–Kier alpha value is -1.35. The van der Waals surface area contributed by atoms with Gasteiger partial charge in [-0.25, -0.2) is 0 Å². The molecule has 1 aromatic rings. The summed E-state index contributed by atoms with van der Waals surface area (Å²) in [5.41, 5.74) is 2.37. The number of likely N-dealkylation sites (tertiary alicyclic amines) is 1. The van der Waals surface area contributed by atoms with Gasteiger partial charge >= 0.3 is 0 Å². The van der Waals surface area contributed by atoms with Gasteiger partial charge in [0.2, 0.25) is 5.91 Å². The van der Waals surface area contributed by atoms with Gasteiger partial charge in [-0.15, -0.1) is 0 Å². The normalized spacial score (nSPS) is 22.3. The van der Waals surface area contributed by atoms with Crippen molar-refractivity contribution < 1.29 is 4.79 Å². The largest absolute Gasteiger partial charge is 0.342 e. The van der Waals surface area contributed by atoms with E-state index >= 15 is 0 Å². The lowest BCUT2D eigenvalue weighted by atomic mass is 9.89. The highest BCUT2D eigenvalue weighted by Gasteiger charge is 2.29. The average Bonchev–Trinajstić information content (AvgIpc) is 2.50. The minimum Gasteiger partial charge on any atom is -0.342 e. The number of rotatable bonds is 5. The topological polar surface area (TPSA) is 32.3 Å². The molecule has 2 rings (SSSR count). The monoisotopic (exact) mass is 288 g/mol. The van der Waals surface area contributed by atoms with Crippen molar-refractivity contribution in [3.8, 4) is 0 Å². The van der Waals surface area contributed by atoms with Gasteiger partial charge in [0.1, 0.15) is 0 Å². The lowest BCUT2D eigenvalue weighted by Crippen LogP contribution is -2.51. The van der Waals surface area contributed by atoms with E-state index in [1.54, 1.807) is 0 Å². The Morgan fingerprint density at radius 2 is 2.10 bits per heavy atom. The molecule has 0 bridgehead atoms. The molecule has 1 aliphatic rings. The van der Waals surface area contributed by atoms with Gasteiger partial charge in [0, 0.05) is 19.1 Å². The van der Waals surface area contributed by atoms with Crippen LogP contribution in [0, 0.1) is 12.8 Å². The Balaban J connectivity index is 1.96. The maximum absolute atomic E-state index is 12.6. The maximum Gasteiger partial charge on any atom is 0.227 e. The molecule has 116 valence electrons. The van der Waals surface area contributed by atoms with Gasteiger partial charge in [0.25, 0.3) is 0 Å². The fourth-order valence-corrected chi connectivity index (χ4v) is 3.29. The molecular formula is C18H28N2O. The van der Waals surface area contributed by atoms with Crippen LogP contribution in [0.15, 0.2) is 24.3 Å². The van der Waals surface area contributed by atoms with E-state index in [0.29, 0.717) is 18.4 Å². The van der Waals surface area contributed by atoms with Crippen molar-refractivity contribution in [1.82, 2.24) is 10.2 Å². The van der Waals surface area contributed by atoms with Gasteiger partial charge in [0.15, 0.2) is 0 Å². The van der Waals surface area contributed by atoms with Crippen LogP contribution in [0.2, 0.25) is 0 Å². The second kappa shape index (κ2) is 7.60. The number of hydrogen-bond donors (Lipinski definition) is 1. The van der Waals surface area contributed by atoms with Crippen LogP contribution in [0.1, 0.15) is 37.8 Å². The van der Waals surface area contributed by atoms with Gasteiger partial charge in [-0.05, 0) is 36.9 Å². The van der Waals surface area contributed by atoms with Crippen LogP contribution in [-0.4, -0.2) is 36.5 Å². The van der Waals surface area contributed by atoms with Crippen LogP contribution in [0.3, 0.4) is 0 Å². The van der Waals surface area contributed by atoms with Gasteiger partial charge in [-0.1, -0.05) is 44.5 Å². The van der Waals surface area contributed by atoms with Gasteiger partial charge in [0.05, 0.1) is 6.42 Å². The third-order valence-electron chi connectivity index (χ3n) is 4.68. The first kappa shape index (κ1) is 16.0. The summed E-state index contributed by atoms with van der Waals surface area (Å²) in [6, 6.07) is 8.76. The minimum absolute atomic E-state index is 0.276. The van der Waals surface area contributed by atoms with Gasteiger partial charge in [-0.2, -0.15) is 0 Å². The zero-order chi connectivity index (χ0) is 15.2. The van der Waals surface area contributed by atoms with Crippen molar-refractivity contribution in [2.45, 2.75) is 46.1 Å². The predicted molar refractivity (Wildman–Crippen MR) is 87.3 cm³/mol. The predicted octanol–water partition coefficient (Wildman–Crippen LogP) is 2.77. The standard InChI is InChI=1S/C18H28N2O/c1-4-15-13-20(11-10-17(15)19-5-2)18(21)12-16-9-7-6-8-14(16)3/h6-9,15,17,19H,4-5,10-13H2,1-3H3. The summed E-state index contributed by atoms with van der Waals surface area (Å²) in [5.74, 6) is 0.859. The summed E-state index contributed by atoms with van der Waals surface area (Å²) in [4.78, 5) is 14.6. The molecule has 1 saturated heterocycles. The molecule has 0 aliphatic carbocycles. The number of nitrogens with one attached hydrogen (secondary N) is 1. The lowest BCUT2D eigenvalue weighted by molar-refractivity contribution is -0.132. The molecular weight excluding hydrogens is 260 g/mol. The molecule has 3 heteroatoms. The number of nitrogens with zero attached hydrogens (tertiary/aromatic N) is 1. The fourth-order valence-electron chi connectivity index (χ4n) is 3.29. The molecule has 2 unspecified atom stereocenters. The maximum atomic E-state index is 12.6. The van der Waals surface area contributed by atoms with E-state index in [1.165, 1.54) is 5.56 Å². The Bertz CT molecular complexity index is 472. The van der Waals surface area contributed by atoms with E-state index in [9.17, 15) is 4.79 Å².